The maximum Gasteiger partial charge on any atom is 0.139 e. The molecule has 0 saturated heterocycles. The van der Waals surface area contributed by atoms with Gasteiger partial charge in [-0.3, -0.25) is 0 Å². The lowest BCUT2D eigenvalue weighted by Crippen LogP contribution is -2.19. The molecule has 0 aliphatic heterocycles. The van der Waals surface area contributed by atoms with Crippen molar-refractivity contribution in [3.63, 3.8) is 0 Å². The maximum atomic E-state index is 6.89. The minimum absolute atomic E-state index is 0.244. The Balaban J connectivity index is 1.46. The van der Waals surface area contributed by atoms with Crippen molar-refractivity contribution in [2.75, 3.05) is 0 Å². The molecular weight excluding hydrogens is 536 g/mol. The van der Waals surface area contributed by atoms with E-state index in [0.717, 1.165) is 35.1 Å². The number of hydrogen-bond donors (Lipinski definition) is 0. The summed E-state index contributed by atoms with van der Waals surface area (Å²) < 4.78 is 13.7. The predicted octanol–water partition coefficient (Wildman–Crippen LogP) is 12.2. The predicted molar refractivity (Wildman–Crippen MR) is 186 cm³/mol. The summed E-state index contributed by atoms with van der Waals surface area (Å²) in [6, 6.07) is 42.1. The van der Waals surface area contributed by atoms with Crippen molar-refractivity contribution in [1.82, 2.24) is 0 Å². The van der Waals surface area contributed by atoms with Crippen LogP contribution in [0, 0.1) is 0 Å². The summed E-state index contributed by atoms with van der Waals surface area (Å²) in [6.45, 7) is 0. The average Bonchev–Trinajstić information content (AvgIpc) is 3.46. The van der Waals surface area contributed by atoms with Crippen molar-refractivity contribution in [1.29, 1.82) is 0 Å². The maximum absolute atomic E-state index is 6.89. The van der Waals surface area contributed by atoms with Crippen LogP contribution in [0.15, 0.2) is 120 Å². The van der Waals surface area contributed by atoms with Crippen LogP contribution in [-0.2, 0) is 0 Å². The molecule has 1 heterocycles. The van der Waals surface area contributed by atoms with Crippen LogP contribution in [0.2, 0.25) is 0 Å². The van der Waals surface area contributed by atoms with E-state index in [4.69, 9.17) is 9.15 Å². The molecule has 44 heavy (non-hydrogen) atoms. The van der Waals surface area contributed by atoms with Gasteiger partial charge in [0.2, 0.25) is 0 Å². The summed E-state index contributed by atoms with van der Waals surface area (Å²) in [5.74, 6) is 0.938. The highest BCUT2D eigenvalue weighted by Crippen LogP contribution is 2.48. The minimum Gasteiger partial charge on any atom is -0.490 e. The van der Waals surface area contributed by atoms with E-state index in [1.54, 1.807) is 0 Å². The zero-order valence-corrected chi connectivity index (χ0v) is 24.4. The Bertz CT molecular complexity index is 2610. The molecule has 0 radical (unpaired) electrons. The molecule has 0 N–H and O–H groups in total. The Kier molecular flexibility index (Phi) is 5.10. The van der Waals surface area contributed by atoms with E-state index in [0.29, 0.717) is 0 Å². The van der Waals surface area contributed by atoms with E-state index in [9.17, 15) is 0 Å². The first-order valence-electron chi connectivity index (χ1n) is 16.0. The Hall–Kier alpha value is -5.08. The number of hydrogen-bond acceptors (Lipinski definition) is 2. The van der Waals surface area contributed by atoms with E-state index in [-0.39, 0.29) is 6.10 Å². The lowest BCUT2D eigenvalue weighted by molar-refractivity contribution is 0.157. The molecular formula is C42H30O2. The van der Waals surface area contributed by atoms with Crippen LogP contribution >= 0.6 is 0 Å². The highest BCUT2D eigenvalue weighted by atomic mass is 16.5. The molecule has 1 aromatic heterocycles. The first kappa shape index (κ1) is 24.4. The molecule has 1 aliphatic rings. The van der Waals surface area contributed by atoms with Gasteiger partial charge in [0, 0.05) is 33.0 Å². The molecule has 1 saturated carbocycles. The fourth-order valence-electron chi connectivity index (χ4n) is 8.09. The van der Waals surface area contributed by atoms with Crippen molar-refractivity contribution in [3.8, 4) is 5.75 Å². The van der Waals surface area contributed by atoms with Crippen molar-refractivity contribution < 1.29 is 9.15 Å². The summed E-state index contributed by atoms with van der Waals surface area (Å²) >= 11 is 0. The van der Waals surface area contributed by atoms with Gasteiger partial charge in [-0.25, -0.2) is 0 Å². The van der Waals surface area contributed by atoms with Crippen LogP contribution in [-0.4, -0.2) is 6.10 Å². The normalized spacial score (nSPS) is 14.7. The first-order chi connectivity index (χ1) is 21.8. The fourth-order valence-corrected chi connectivity index (χ4v) is 8.09. The Morgan fingerprint density at radius 2 is 0.977 bits per heavy atom. The number of ether oxygens (including phenoxy) is 1. The molecule has 1 aliphatic carbocycles. The second-order valence-electron chi connectivity index (χ2n) is 12.6. The van der Waals surface area contributed by atoms with Crippen LogP contribution in [0.25, 0.3) is 86.6 Å². The summed E-state index contributed by atoms with van der Waals surface area (Å²) in [5, 5.41) is 17.3. The second-order valence-corrected chi connectivity index (χ2v) is 12.6. The topological polar surface area (TPSA) is 22.4 Å². The Morgan fingerprint density at radius 3 is 1.68 bits per heavy atom. The smallest absolute Gasteiger partial charge is 0.139 e. The summed E-state index contributed by atoms with van der Waals surface area (Å²) in [6.07, 6.45) is 6.23. The molecule has 1 fully saturated rings. The largest absolute Gasteiger partial charge is 0.490 e. The van der Waals surface area contributed by atoms with E-state index >= 15 is 0 Å². The monoisotopic (exact) mass is 566 g/mol. The fraction of sp³-hybridized carbons (Fsp3) is 0.143. The molecule has 10 rings (SSSR count). The van der Waals surface area contributed by atoms with E-state index < -0.39 is 0 Å². The van der Waals surface area contributed by atoms with Gasteiger partial charge in [0.05, 0.1) is 6.10 Å². The average molecular weight is 567 g/mol. The van der Waals surface area contributed by atoms with Gasteiger partial charge >= 0.3 is 0 Å². The van der Waals surface area contributed by atoms with Gasteiger partial charge in [-0.2, -0.15) is 0 Å². The summed E-state index contributed by atoms with van der Waals surface area (Å²) in [7, 11) is 0. The van der Waals surface area contributed by atoms with Crippen molar-refractivity contribution in [2.45, 2.75) is 38.2 Å². The van der Waals surface area contributed by atoms with Gasteiger partial charge < -0.3 is 9.15 Å². The number of fused-ring (bicyclic) bond motifs is 15. The Morgan fingerprint density at radius 1 is 0.432 bits per heavy atom. The molecule has 2 nitrogen and oxygen atoms in total. The molecule has 2 heteroatoms. The van der Waals surface area contributed by atoms with Crippen LogP contribution < -0.4 is 4.74 Å². The highest BCUT2D eigenvalue weighted by Gasteiger charge is 2.23. The Labute approximate surface area is 254 Å². The third kappa shape index (κ3) is 3.43. The third-order valence-corrected chi connectivity index (χ3v) is 10.1. The van der Waals surface area contributed by atoms with Gasteiger partial charge in [0.25, 0.3) is 0 Å². The SMILES string of the molecule is c1ccc2c(c1)ccc1ccc3ccc4oc5cc(OC6CCCCC6)c6ccc7ccc8ccccc8c7c6c5c4c3c12. The highest BCUT2D eigenvalue weighted by molar-refractivity contribution is 6.39. The molecule has 9 aromatic rings. The van der Waals surface area contributed by atoms with Gasteiger partial charge in [-0.15, -0.1) is 0 Å². The zero-order valence-electron chi connectivity index (χ0n) is 24.4. The van der Waals surface area contributed by atoms with Crippen LogP contribution in [0.4, 0.5) is 0 Å². The van der Waals surface area contributed by atoms with Gasteiger partial charge in [0.1, 0.15) is 16.9 Å². The van der Waals surface area contributed by atoms with Crippen LogP contribution in [0.3, 0.4) is 0 Å². The molecule has 0 bridgehead atoms. The minimum atomic E-state index is 0.244. The molecule has 0 spiro atoms. The third-order valence-electron chi connectivity index (χ3n) is 10.1. The van der Waals surface area contributed by atoms with Crippen molar-refractivity contribution in [3.05, 3.63) is 115 Å². The molecule has 210 valence electrons. The number of rotatable bonds is 2. The van der Waals surface area contributed by atoms with Crippen molar-refractivity contribution >= 4 is 86.6 Å². The lowest BCUT2D eigenvalue weighted by Gasteiger charge is -2.24. The first-order valence-corrected chi connectivity index (χ1v) is 16.0. The molecule has 0 amide bonds. The van der Waals surface area contributed by atoms with Gasteiger partial charge in [0.15, 0.2) is 0 Å². The zero-order chi connectivity index (χ0) is 28.8. The summed E-state index contributed by atoms with van der Waals surface area (Å²) in [5.41, 5.74) is 1.81. The number of benzene rings is 8. The second kappa shape index (κ2) is 9.21. The molecule has 0 atom stereocenters. The molecule has 0 unspecified atom stereocenters. The quantitative estimate of drug-likeness (QED) is 0.194. The van der Waals surface area contributed by atoms with Crippen LogP contribution in [0.1, 0.15) is 32.1 Å². The lowest BCUT2D eigenvalue weighted by atomic mass is 9.90. The molecule has 8 aromatic carbocycles. The number of furan rings is 1. The van der Waals surface area contributed by atoms with Crippen molar-refractivity contribution in [2.24, 2.45) is 0 Å². The van der Waals surface area contributed by atoms with E-state index in [1.807, 2.05) is 0 Å². The van der Waals surface area contributed by atoms with Gasteiger partial charge in [-0.1, -0.05) is 103 Å². The van der Waals surface area contributed by atoms with Crippen LogP contribution in [0.5, 0.6) is 5.75 Å². The standard InChI is InChI=1S/C42H30O2/c1-2-10-30(11-3-1)43-35-24-36-42(40-33(35)22-20-28-17-15-26-9-5-7-13-32(26)38(28)40)41-34(44-36)23-21-29-19-18-27-16-14-25-8-4-6-12-31(25)37(27)39(29)41/h4-9,12-24,30H,1-3,10-11H2. The van der Waals surface area contributed by atoms with E-state index in [2.05, 4.69) is 115 Å². The van der Waals surface area contributed by atoms with E-state index in [1.165, 1.54) is 89.3 Å². The van der Waals surface area contributed by atoms with Gasteiger partial charge in [-0.05, 0) is 86.3 Å². The summed E-state index contributed by atoms with van der Waals surface area (Å²) in [4.78, 5) is 0.